The Morgan fingerprint density at radius 1 is 1.29 bits per heavy atom. The van der Waals surface area contributed by atoms with Crippen LogP contribution in [0.15, 0.2) is 41.5 Å². The number of rotatable bonds is 5. The predicted octanol–water partition coefficient (Wildman–Crippen LogP) is 2.47. The van der Waals surface area contributed by atoms with Gasteiger partial charge in [0.15, 0.2) is 0 Å². The number of esters is 1. The molecule has 0 aliphatic rings. The third-order valence-electron chi connectivity index (χ3n) is 2.39. The number of benzene rings is 1. The number of ether oxygens (including phenoxy) is 1. The molecule has 0 aromatic heterocycles. The van der Waals surface area contributed by atoms with Gasteiger partial charge < -0.3 is 10.1 Å². The van der Waals surface area contributed by atoms with E-state index in [1.54, 1.807) is 24.3 Å². The molecule has 0 radical (unpaired) electrons. The summed E-state index contributed by atoms with van der Waals surface area (Å²) in [5.41, 5.74) is 0.848. The lowest BCUT2D eigenvalue weighted by Crippen LogP contribution is -2.24. The molecule has 1 N–H and O–H groups in total. The van der Waals surface area contributed by atoms with Crippen LogP contribution < -0.4 is 5.32 Å². The molecule has 0 fully saturated rings. The van der Waals surface area contributed by atoms with Gasteiger partial charge in [-0.25, -0.2) is 4.79 Å². The molecule has 0 aliphatic heterocycles. The highest BCUT2D eigenvalue weighted by atomic mass is 16.6. The number of carbonyl (C=O) groups is 2. The number of aliphatic imine (C=N–C) groups is 1. The maximum absolute atomic E-state index is 11.8. The number of hydrogen-bond donors (Lipinski definition) is 1. The summed E-state index contributed by atoms with van der Waals surface area (Å²) in [6.07, 6.45) is 2.61. The molecule has 0 saturated heterocycles. The van der Waals surface area contributed by atoms with Gasteiger partial charge in [-0.05, 0) is 45.2 Å². The van der Waals surface area contributed by atoms with Crippen LogP contribution in [0.1, 0.15) is 36.7 Å². The van der Waals surface area contributed by atoms with Crippen molar-refractivity contribution in [3.63, 3.8) is 0 Å². The lowest BCUT2D eigenvalue weighted by Gasteiger charge is -2.19. The molecule has 0 atom stereocenters. The van der Waals surface area contributed by atoms with Crippen molar-refractivity contribution in [2.45, 2.75) is 32.9 Å². The van der Waals surface area contributed by atoms with E-state index in [0.29, 0.717) is 12.1 Å². The highest BCUT2D eigenvalue weighted by Crippen LogP contribution is 2.12. The molecule has 1 aromatic rings. The second-order valence-electron chi connectivity index (χ2n) is 5.41. The maximum atomic E-state index is 11.8. The Kier molecular flexibility index (Phi) is 5.84. The van der Waals surface area contributed by atoms with Gasteiger partial charge in [0, 0.05) is 18.8 Å². The molecule has 0 bridgehead atoms. The molecule has 5 nitrogen and oxygen atoms in total. The van der Waals surface area contributed by atoms with Gasteiger partial charge in [0.05, 0.1) is 5.56 Å². The van der Waals surface area contributed by atoms with E-state index in [0.717, 1.165) is 5.56 Å². The Morgan fingerprint density at radius 2 is 1.90 bits per heavy atom. The van der Waals surface area contributed by atoms with Crippen molar-refractivity contribution in [1.29, 1.82) is 0 Å². The molecule has 5 heteroatoms. The van der Waals surface area contributed by atoms with Crippen molar-refractivity contribution in [2.75, 3.05) is 0 Å². The predicted molar refractivity (Wildman–Crippen MR) is 82.1 cm³/mol. The minimum Gasteiger partial charge on any atom is -0.456 e. The summed E-state index contributed by atoms with van der Waals surface area (Å²) in [6.45, 7) is 9.07. The molecule has 1 amide bonds. The molecule has 0 aliphatic carbocycles. The van der Waals surface area contributed by atoms with Crippen LogP contribution in [0.5, 0.6) is 0 Å². The number of amides is 1. The summed E-state index contributed by atoms with van der Waals surface area (Å²) in [6, 6.07) is 6.90. The van der Waals surface area contributed by atoms with E-state index in [9.17, 15) is 9.59 Å². The number of hydrogen-bond acceptors (Lipinski definition) is 4. The molecular formula is C16H20N2O3. The molecule has 112 valence electrons. The van der Waals surface area contributed by atoms with Gasteiger partial charge >= 0.3 is 5.97 Å². The van der Waals surface area contributed by atoms with E-state index in [1.165, 1.54) is 12.3 Å². The molecule has 1 aromatic carbocycles. The van der Waals surface area contributed by atoms with Crippen molar-refractivity contribution in [1.82, 2.24) is 5.32 Å². The van der Waals surface area contributed by atoms with Gasteiger partial charge in [-0.3, -0.25) is 9.79 Å². The summed E-state index contributed by atoms with van der Waals surface area (Å²) < 4.78 is 5.27. The summed E-state index contributed by atoms with van der Waals surface area (Å²) >= 11 is 0. The van der Waals surface area contributed by atoms with E-state index in [4.69, 9.17) is 4.74 Å². The fourth-order valence-electron chi connectivity index (χ4n) is 1.46. The summed E-state index contributed by atoms with van der Waals surface area (Å²) in [5, 5.41) is 2.69. The Morgan fingerprint density at radius 3 is 2.43 bits per heavy atom. The fourth-order valence-corrected chi connectivity index (χ4v) is 1.46. The summed E-state index contributed by atoms with van der Waals surface area (Å²) in [5.74, 6) is -0.614. The first-order valence-electron chi connectivity index (χ1n) is 6.54. The van der Waals surface area contributed by atoms with E-state index < -0.39 is 5.60 Å². The first-order chi connectivity index (χ1) is 9.81. The Balaban J connectivity index is 2.58. The van der Waals surface area contributed by atoms with Gasteiger partial charge in [-0.1, -0.05) is 12.1 Å². The molecule has 0 unspecified atom stereocenters. The lowest BCUT2D eigenvalue weighted by molar-refractivity contribution is -0.116. The van der Waals surface area contributed by atoms with Gasteiger partial charge in [-0.2, -0.15) is 0 Å². The van der Waals surface area contributed by atoms with Crippen LogP contribution in [0.2, 0.25) is 0 Å². The largest absolute Gasteiger partial charge is 0.456 e. The van der Waals surface area contributed by atoms with Crippen molar-refractivity contribution in [2.24, 2.45) is 4.99 Å². The average molecular weight is 288 g/mol. The normalized spacial score (nSPS) is 11.2. The van der Waals surface area contributed by atoms with Gasteiger partial charge in [-0.15, -0.1) is 0 Å². The minimum absolute atomic E-state index is 0.251. The van der Waals surface area contributed by atoms with E-state index >= 15 is 0 Å². The second-order valence-corrected chi connectivity index (χ2v) is 5.41. The van der Waals surface area contributed by atoms with Crippen LogP contribution in [-0.2, 0) is 16.1 Å². The molecule has 1 rings (SSSR count). The zero-order chi connectivity index (χ0) is 15.9. The monoisotopic (exact) mass is 288 g/mol. The van der Waals surface area contributed by atoms with E-state index in [1.807, 2.05) is 20.8 Å². The first kappa shape index (κ1) is 16.6. The van der Waals surface area contributed by atoms with Crippen molar-refractivity contribution < 1.29 is 14.3 Å². The third-order valence-corrected chi connectivity index (χ3v) is 2.39. The topological polar surface area (TPSA) is 67.8 Å². The average Bonchev–Trinajstić information content (AvgIpc) is 2.41. The van der Waals surface area contributed by atoms with Gasteiger partial charge in [0.25, 0.3) is 0 Å². The highest BCUT2D eigenvalue weighted by Gasteiger charge is 2.17. The van der Waals surface area contributed by atoms with Crippen molar-refractivity contribution >= 4 is 18.6 Å². The van der Waals surface area contributed by atoms with E-state index in [2.05, 4.69) is 17.0 Å². The SMILES string of the molecule is C=N/C=C\C(=O)NCc1ccc(C(=O)OC(C)(C)C)cc1. The van der Waals surface area contributed by atoms with Crippen LogP contribution in [0.25, 0.3) is 0 Å². The summed E-state index contributed by atoms with van der Waals surface area (Å²) in [7, 11) is 0. The van der Waals surface area contributed by atoms with Crippen molar-refractivity contribution in [3.8, 4) is 0 Å². The third kappa shape index (κ3) is 6.51. The minimum atomic E-state index is -0.519. The standard InChI is InChI=1S/C16H20N2O3/c1-16(2,3)21-15(20)13-7-5-12(6-8-13)11-18-14(19)9-10-17-4/h5-10H,4,11H2,1-3H3,(H,18,19)/b10-9-. The highest BCUT2D eigenvalue weighted by molar-refractivity contribution is 5.89. The molecule has 0 heterocycles. The number of nitrogens with zero attached hydrogens (tertiary/aromatic N) is 1. The van der Waals surface area contributed by atoms with Crippen LogP contribution in [-0.4, -0.2) is 24.2 Å². The van der Waals surface area contributed by atoms with Crippen LogP contribution in [0.4, 0.5) is 0 Å². The van der Waals surface area contributed by atoms with Crippen molar-refractivity contribution in [3.05, 3.63) is 47.7 Å². The van der Waals surface area contributed by atoms with E-state index in [-0.39, 0.29) is 11.9 Å². The van der Waals surface area contributed by atoms with Crippen LogP contribution in [0.3, 0.4) is 0 Å². The zero-order valence-corrected chi connectivity index (χ0v) is 12.6. The Bertz CT molecular complexity index is 540. The molecular weight excluding hydrogens is 268 g/mol. The molecule has 0 spiro atoms. The second kappa shape index (κ2) is 7.38. The summed E-state index contributed by atoms with van der Waals surface area (Å²) in [4.78, 5) is 26.6. The van der Waals surface area contributed by atoms with Crippen LogP contribution in [0, 0.1) is 0 Å². The lowest BCUT2D eigenvalue weighted by atomic mass is 10.1. The maximum Gasteiger partial charge on any atom is 0.338 e. The quantitative estimate of drug-likeness (QED) is 0.514. The molecule has 21 heavy (non-hydrogen) atoms. The smallest absolute Gasteiger partial charge is 0.338 e. The van der Waals surface area contributed by atoms with Gasteiger partial charge in [0.1, 0.15) is 5.60 Å². The van der Waals surface area contributed by atoms with Crippen LogP contribution >= 0.6 is 0 Å². The zero-order valence-electron chi connectivity index (χ0n) is 12.6. The number of carbonyl (C=O) groups excluding carboxylic acids is 2. The Labute approximate surface area is 124 Å². The Hall–Kier alpha value is -2.43. The molecule has 0 saturated carbocycles. The number of nitrogens with one attached hydrogen (secondary N) is 1. The fraction of sp³-hybridized carbons (Fsp3) is 0.312. The first-order valence-corrected chi connectivity index (χ1v) is 6.54. The van der Waals surface area contributed by atoms with Gasteiger partial charge in [0.2, 0.25) is 5.91 Å².